The van der Waals surface area contributed by atoms with Crippen molar-refractivity contribution < 1.29 is 13.6 Å². The van der Waals surface area contributed by atoms with Crippen LogP contribution < -0.4 is 11.5 Å². The lowest BCUT2D eigenvalue weighted by molar-refractivity contribution is -0.119. The van der Waals surface area contributed by atoms with E-state index in [0.717, 1.165) is 0 Å². The molecule has 0 fully saturated rings. The van der Waals surface area contributed by atoms with Gasteiger partial charge in [0.25, 0.3) is 0 Å². The molecular weight excluding hydrogens is 180 g/mol. The van der Waals surface area contributed by atoms with Crippen LogP contribution >= 0.6 is 0 Å². The first-order valence-electron chi connectivity index (χ1n) is 3.45. The minimum absolute atomic E-state index is 0.0214. The van der Waals surface area contributed by atoms with E-state index in [9.17, 15) is 9.00 Å². The molecule has 0 aromatic heterocycles. The van der Waals surface area contributed by atoms with Gasteiger partial charge < -0.3 is 16.0 Å². The first-order valence-corrected chi connectivity index (χ1v) is 4.73. The molecule has 0 bridgehead atoms. The van der Waals surface area contributed by atoms with Crippen LogP contribution in [-0.2, 0) is 15.9 Å². The van der Waals surface area contributed by atoms with E-state index in [1.807, 2.05) is 0 Å². The Morgan fingerprint density at radius 1 is 1.67 bits per heavy atom. The summed E-state index contributed by atoms with van der Waals surface area (Å²) in [4.78, 5) is 10.5. The summed E-state index contributed by atoms with van der Waals surface area (Å²) in [6.07, 6.45) is 0.0375. The molecule has 0 saturated heterocycles. The zero-order valence-electron chi connectivity index (χ0n) is 6.95. The van der Waals surface area contributed by atoms with Crippen molar-refractivity contribution in [3.8, 4) is 0 Å². The molecule has 2 atom stereocenters. The highest BCUT2D eigenvalue weighted by atomic mass is 32.2. The highest BCUT2D eigenvalue weighted by molar-refractivity contribution is 7.79. The van der Waals surface area contributed by atoms with Crippen LogP contribution in [0.25, 0.3) is 0 Å². The smallest absolute Gasteiger partial charge is 0.218 e. The van der Waals surface area contributed by atoms with Crippen molar-refractivity contribution in [1.29, 1.82) is 0 Å². The largest absolute Gasteiger partial charge is 0.370 e. The lowest BCUT2D eigenvalue weighted by Crippen LogP contribution is -2.36. The first kappa shape index (κ1) is 11.5. The van der Waals surface area contributed by atoms with Crippen LogP contribution in [0, 0.1) is 5.41 Å². The maximum absolute atomic E-state index is 10.5. The van der Waals surface area contributed by atoms with E-state index in [0.29, 0.717) is 0 Å². The van der Waals surface area contributed by atoms with Gasteiger partial charge in [0, 0.05) is 11.8 Å². The molecule has 1 amide bonds. The van der Waals surface area contributed by atoms with Crippen molar-refractivity contribution in [1.82, 2.24) is 0 Å². The Morgan fingerprint density at radius 2 is 2.17 bits per heavy atom. The van der Waals surface area contributed by atoms with Crippen LogP contribution in [0.1, 0.15) is 13.3 Å². The van der Waals surface area contributed by atoms with Crippen molar-refractivity contribution >= 4 is 17.0 Å². The molecule has 72 valence electrons. The first-order chi connectivity index (χ1) is 5.39. The molecule has 0 aliphatic carbocycles. The molecule has 1 unspecified atom stereocenters. The Hall–Kier alpha value is -0.460. The number of amides is 1. The number of primary amides is 1. The van der Waals surface area contributed by atoms with E-state index < -0.39 is 22.4 Å². The van der Waals surface area contributed by atoms with Crippen LogP contribution in [0.2, 0.25) is 0 Å². The third kappa shape index (κ3) is 4.42. The number of hydrogen-bond donors (Lipinski definition) is 3. The van der Waals surface area contributed by atoms with Gasteiger partial charge in [0.05, 0.1) is 5.75 Å². The number of hydrogen-bond acceptors (Lipinski definition) is 3. The number of carbonyl (C=O) groups excluding carboxylic acids is 1. The quantitative estimate of drug-likeness (QED) is 0.490. The summed E-state index contributed by atoms with van der Waals surface area (Å²) in [6.45, 7) is 1.83. The average molecular weight is 194 g/mol. The topological polar surface area (TPSA) is 106 Å². The normalized spacial score (nSPS) is 18.2. The molecule has 0 radical (unpaired) electrons. The SMILES string of the molecule is C[C@@](CN)(CC(N)=O)CS(=O)O. The third-order valence-electron chi connectivity index (χ3n) is 1.57. The van der Waals surface area contributed by atoms with Gasteiger partial charge in [0.15, 0.2) is 11.1 Å². The molecule has 5 nitrogen and oxygen atoms in total. The van der Waals surface area contributed by atoms with Crippen LogP contribution in [0.5, 0.6) is 0 Å². The highest BCUT2D eigenvalue weighted by Gasteiger charge is 2.27. The molecule has 12 heavy (non-hydrogen) atoms. The lowest BCUT2D eigenvalue weighted by atomic mass is 9.89. The van der Waals surface area contributed by atoms with E-state index >= 15 is 0 Å². The summed E-state index contributed by atoms with van der Waals surface area (Å²) in [6, 6.07) is 0. The van der Waals surface area contributed by atoms with Crippen molar-refractivity contribution in [2.24, 2.45) is 16.9 Å². The number of carbonyl (C=O) groups is 1. The predicted molar refractivity (Wildman–Crippen MR) is 46.6 cm³/mol. The summed E-state index contributed by atoms with van der Waals surface area (Å²) in [5, 5.41) is 0. The Labute approximate surface area is 73.8 Å². The molecule has 0 aliphatic heterocycles. The summed E-state index contributed by atoms with van der Waals surface area (Å²) in [5.41, 5.74) is 9.64. The van der Waals surface area contributed by atoms with Gasteiger partial charge in [-0.1, -0.05) is 6.92 Å². The van der Waals surface area contributed by atoms with Gasteiger partial charge in [-0.2, -0.15) is 0 Å². The van der Waals surface area contributed by atoms with Gasteiger partial charge in [-0.3, -0.25) is 4.79 Å². The van der Waals surface area contributed by atoms with Gasteiger partial charge in [0.1, 0.15) is 0 Å². The molecule has 0 spiro atoms. The fourth-order valence-electron chi connectivity index (χ4n) is 0.901. The molecular formula is C6H14N2O3S. The second kappa shape index (κ2) is 4.54. The van der Waals surface area contributed by atoms with Crippen LogP contribution in [-0.4, -0.2) is 27.0 Å². The van der Waals surface area contributed by atoms with Crippen molar-refractivity contribution in [2.45, 2.75) is 13.3 Å². The molecule has 0 rings (SSSR count). The van der Waals surface area contributed by atoms with Crippen molar-refractivity contribution in [2.75, 3.05) is 12.3 Å². The van der Waals surface area contributed by atoms with E-state index in [1.54, 1.807) is 6.92 Å². The lowest BCUT2D eigenvalue weighted by Gasteiger charge is -2.23. The summed E-state index contributed by atoms with van der Waals surface area (Å²) in [7, 11) is 0. The second-order valence-electron chi connectivity index (χ2n) is 3.12. The molecule has 0 heterocycles. The van der Waals surface area contributed by atoms with E-state index in [2.05, 4.69) is 0 Å². The zero-order valence-corrected chi connectivity index (χ0v) is 7.76. The zero-order chi connectivity index (χ0) is 9.78. The van der Waals surface area contributed by atoms with Crippen LogP contribution in [0.4, 0.5) is 0 Å². The Morgan fingerprint density at radius 3 is 2.42 bits per heavy atom. The maximum atomic E-state index is 10.5. The fraction of sp³-hybridized carbons (Fsp3) is 0.833. The molecule has 0 aromatic carbocycles. The van der Waals surface area contributed by atoms with Gasteiger partial charge in [-0.25, -0.2) is 4.21 Å². The maximum Gasteiger partial charge on any atom is 0.218 e. The fourth-order valence-corrected chi connectivity index (χ4v) is 1.72. The third-order valence-corrected chi connectivity index (χ3v) is 2.51. The molecule has 6 heteroatoms. The Balaban J connectivity index is 4.23. The van der Waals surface area contributed by atoms with Gasteiger partial charge in [-0.05, 0) is 6.54 Å². The molecule has 0 aliphatic rings. The predicted octanol–water partition coefficient (Wildman–Crippen LogP) is -0.951. The van der Waals surface area contributed by atoms with E-state index in [-0.39, 0.29) is 18.7 Å². The van der Waals surface area contributed by atoms with Crippen molar-refractivity contribution in [3.05, 3.63) is 0 Å². The molecule has 0 saturated carbocycles. The summed E-state index contributed by atoms with van der Waals surface area (Å²) >= 11 is -1.94. The van der Waals surface area contributed by atoms with Gasteiger partial charge >= 0.3 is 0 Å². The highest BCUT2D eigenvalue weighted by Crippen LogP contribution is 2.19. The summed E-state index contributed by atoms with van der Waals surface area (Å²) < 4.78 is 19.1. The van der Waals surface area contributed by atoms with Gasteiger partial charge in [-0.15, -0.1) is 0 Å². The Bertz CT molecular complexity index is 179. The number of nitrogens with two attached hydrogens (primary N) is 2. The van der Waals surface area contributed by atoms with Crippen LogP contribution in [0.15, 0.2) is 0 Å². The van der Waals surface area contributed by atoms with Gasteiger partial charge in [0.2, 0.25) is 5.91 Å². The second-order valence-corrected chi connectivity index (χ2v) is 4.06. The standard InChI is InChI=1S/C6H14N2O3S/c1-6(3-7,2-5(8)9)4-12(10)11/h2-4,7H2,1H3,(H2,8,9)(H,10,11)/t6-/m0/s1. The monoisotopic (exact) mass is 194 g/mol. The minimum atomic E-state index is -1.94. The number of rotatable bonds is 5. The Kier molecular flexibility index (Phi) is 4.36. The molecule has 0 aromatic rings. The van der Waals surface area contributed by atoms with E-state index in [1.165, 1.54) is 0 Å². The molecule has 5 N–H and O–H groups in total. The average Bonchev–Trinajstić information content (AvgIpc) is 1.83. The minimum Gasteiger partial charge on any atom is -0.370 e. The van der Waals surface area contributed by atoms with Crippen LogP contribution in [0.3, 0.4) is 0 Å². The van der Waals surface area contributed by atoms with Crippen molar-refractivity contribution in [3.63, 3.8) is 0 Å². The summed E-state index contributed by atoms with van der Waals surface area (Å²) in [5.74, 6) is -0.527. The van der Waals surface area contributed by atoms with E-state index in [4.69, 9.17) is 16.0 Å².